The number of alkyl halides is 1. The van der Waals surface area contributed by atoms with Crippen molar-refractivity contribution >= 4 is 28.5 Å². The van der Waals surface area contributed by atoms with Crippen molar-refractivity contribution in [2.75, 3.05) is 26.7 Å². The van der Waals surface area contributed by atoms with Crippen LogP contribution in [0.15, 0.2) is 43.0 Å². The molecule has 0 amide bonds. The van der Waals surface area contributed by atoms with Crippen LogP contribution in [0.5, 0.6) is 5.75 Å². The number of pyridine rings is 1. The Bertz CT molecular complexity index is 1160. The molecule has 7 nitrogen and oxygen atoms in total. The van der Waals surface area contributed by atoms with Crippen molar-refractivity contribution in [3.63, 3.8) is 0 Å². The van der Waals surface area contributed by atoms with E-state index in [1.54, 1.807) is 43.9 Å². The van der Waals surface area contributed by atoms with Gasteiger partial charge in [0.2, 0.25) is 0 Å². The third-order valence-corrected chi connectivity index (χ3v) is 7.35. The molecule has 1 N–H and O–H groups in total. The summed E-state index contributed by atoms with van der Waals surface area (Å²) in [5.74, 6) is -0.264. The number of aliphatic carboxylic acids is 1. The second kappa shape index (κ2) is 11.3. The molecule has 3 aromatic rings. The molecule has 2 aromatic heterocycles. The molecule has 0 spiro atoms. The van der Waals surface area contributed by atoms with Crippen LogP contribution in [-0.4, -0.2) is 57.7 Å². The number of benzene rings is 1. The van der Waals surface area contributed by atoms with Gasteiger partial charge in [0.25, 0.3) is 0 Å². The normalized spacial score (nSPS) is 16.8. The average Bonchev–Trinajstić information content (AvgIpc) is 2.88. The van der Waals surface area contributed by atoms with Gasteiger partial charge in [-0.2, -0.15) is 0 Å². The molecule has 3 heterocycles. The summed E-state index contributed by atoms with van der Waals surface area (Å²) in [5.41, 5.74) is 0.991. The number of piperidine rings is 1. The van der Waals surface area contributed by atoms with Crippen LogP contribution in [0.1, 0.15) is 49.5 Å². The van der Waals surface area contributed by atoms with Gasteiger partial charge in [-0.25, -0.2) is 4.39 Å². The van der Waals surface area contributed by atoms with Crippen LogP contribution in [0.2, 0.25) is 5.02 Å². The summed E-state index contributed by atoms with van der Waals surface area (Å²) < 4.78 is 20.9. The molecule has 0 radical (unpaired) electrons. The molecule has 1 atom stereocenters. The largest absolute Gasteiger partial charge is 0.497 e. The Balaban J connectivity index is 1.38. The van der Waals surface area contributed by atoms with E-state index in [0.717, 1.165) is 25.1 Å². The molecule has 0 bridgehead atoms. The summed E-state index contributed by atoms with van der Waals surface area (Å²) in [6.07, 6.45) is 8.26. The fourth-order valence-corrected chi connectivity index (χ4v) is 5.15. The van der Waals surface area contributed by atoms with E-state index in [-0.39, 0.29) is 17.9 Å². The zero-order valence-electron chi connectivity index (χ0n) is 19.8. The Morgan fingerprint density at radius 1 is 1.26 bits per heavy atom. The van der Waals surface area contributed by atoms with E-state index < -0.39 is 17.6 Å². The van der Waals surface area contributed by atoms with E-state index in [0.29, 0.717) is 48.1 Å². The number of methoxy groups -OCH3 is 1. The van der Waals surface area contributed by atoms with Gasteiger partial charge in [-0.1, -0.05) is 11.6 Å². The van der Waals surface area contributed by atoms with E-state index in [4.69, 9.17) is 16.3 Å². The van der Waals surface area contributed by atoms with E-state index >= 15 is 4.39 Å². The fourth-order valence-electron chi connectivity index (χ4n) is 4.88. The second-order valence-corrected chi connectivity index (χ2v) is 9.54. The number of carboxylic acids is 1. The van der Waals surface area contributed by atoms with Crippen molar-refractivity contribution in [3.05, 3.63) is 59.3 Å². The number of carbonyl (C=O) groups is 1. The van der Waals surface area contributed by atoms with Crippen molar-refractivity contribution in [2.24, 2.45) is 5.41 Å². The molecule has 1 aliphatic rings. The topological polar surface area (TPSA) is 88.4 Å². The number of rotatable bonds is 10. The van der Waals surface area contributed by atoms with E-state index in [1.165, 1.54) is 6.20 Å². The first kappa shape index (κ1) is 25.3. The maximum absolute atomic E-state index is 15.6. The molecular formula is C26H30ClFN4O3. The standard InChI is InChI=1S/C26H30ClFN4O3/c1-35-19-4-5-23-20(15-19)24(21(27)17-31-23)22(28)6-7-26(25(33)34)8-13-32(14-9-26)12-2-3-18-16-29-10-11-30-18/h4-5,10-11,15-17,22H,2-3,6-9,12-14H2,1H3,(H,33,34)/t22-/m1/s1. The van der Waals surface area contributed by atoms with Gasteiger partial charge in [-0.3, -0.25) is 19.7 Å². The lowest BCUT2D eigenvalue weighted by molar-refractivity contribution is -0.153. The molecule has 186 valence electrons. The summed E-state index contributed by atoms with van der Waals surface area (Å²) in [7, 11) is 1.55. The second-order valence-electron chi connectivity index (χ2n) is 9.14. The molecule has 9 heteroatoms. The highest BCUT2D eigenvalue weighted by molar-refractivity contribution is 6.32. The minimum absolute atomic E-state index is 0.0784. The Kier molecular flexibility index (Phi) is 8.13. The van der Waals surface area contributed by atoms with Crippen LogP contribution in [0.4, 0.5) is 4.39 Å². The minimum Gasteiger partial charge on any atom is -0.497 e. The molecule has 0 aliphatic carbocycles. The summed E-state index contributed by atoms with van der Waals surface area (Å²) in [6, 6.07) is 5.25. The third kappa shape index (κ3) is 5.87. The van der Waals surface area contributed by atoms with Crippen LogP contribution < -0.4 is 4.74 Å². The number of fused-ring (bicyclic) bond motifs is 1. The minimum atomic E-state index is -1.40. The number of carboxylic acid groups (broad SMARTS) is 1. The first-order valence-electron chi connectivity index (χ1n) is 11.9. The number of nitrogens with zero attached hydrogens (tertiary/aromatic N) is 4. The Morgan fingerprint density at radius 2 is 2.06 bits per heavy atom. The summed E-state index contributed by atoms with van der Waals surface area (Å²) in [5, 5.41) is 10.9. The highest BCUT2D eigenvalue weighted by Crippen LogP contribution is 2.42. The van der Waals surface area contributed by atoms with Crippen LogP contribution in [0, 0.1) is 5.41 Å². The van der Waals surface area contributed by atoms with Gasteiger partial charge in [0.1, 0.15) is 11.9 Å². The van der Waals surface area contributed by atoms with Gasteiger partial charge in [0, 0.05) is 35.7 Å². The van der Waals surface area contributed by atoms with E-state index in [2.05, 4.69) is 19.9 Å². The van der Waals surface area contributed by atoms with Crippen molar-refractivity contribution < 1.29 is 19.0 Å². The van der Waals surface area contributed by atoms with Gasteiger partial charge in [-0.05, 0) is 76.4 Å². The zero-order valence-corrected chi connectivity index (χ0v) is 20.5. The molecule has 1 aliphatic heterocycles. The van der Waals surface area contributed by atoms with E-state index in [9.17, 15) is 9.90 Å². The molecule has 0 saturated carbocycles. The monoisotopic (exact) mass is 500 g/mol. The quantitative estimate of drug-likeness (QED) is 0.405. The van der Waals surface area contributed by atoms with Gasteiger partial charge in [-0.15, -0.1) is 0 Å². The zero-order chi connectivity index (χ0) is 24.8. The number of likely N-dealkylation sites (tertiary alicyclic amines) is 1. The van der Waals surface area contributed by atoms with Crippen molar-refractivity contribution in [3.8, 4) is 5.75 Å². The first-order chi connectivity index (χ1) is 16.9. The van der Waals surface area contributed by atoms with Crippen molar-refractivity contribution in [1.29, 1.82) is 0 Å². The number of ether oxygens (including phenoxy) is 1. The summed E-state index contributed by atoms with van der Waals surface area (Å²) in [4.78, 5) is 27.2. The molecular weight excluding hydrogens is 471 g/mol. The molecule has 1 saturated heterocycles. The molecule has 1 aromatic carbocycles. The molecule has 1 fully saturated rings. The molecule has 35 heavy (non-hydrogen) atoms. The number of halogens is 2. The highest BCUT2D eigenvalue weighted by atomic mass is 35.5. The third-order valence-electron chi connectivity index (χ3n) is 7.05. The van der Waals surface area contributed by atoms with Crippen molar-refractivity contribution in [2.45, 2.75) is 44.7 Å². The fraction of sp³-hybridized carbons (Fsp3) is 0.462. The lowest BCUT2D eigenvalue weighted by Gasteiger charge is -2.39. The molecule has 4 rings (SSSR count). The lowest BCUT2D eigenvalue weighted by Crippen LogP contribution is -2.44. The van der Waals surface area contributed by atoms with Gasteiger partial charge < -0.3 is 14.7 Å². The maximum atomic E-state index is 15.6. The van der Waals surface area contributed by atoms with Crippen LogP contribution in [0.3, 0.4) is 0 Å². The Labute approximate surface area is 209 Å². The van der Waals surface area contributed by atoms with E-state index in [1.807, 2.05) is 0 Å². The van der Waals surface area contributed by atoms with Crippen LogP contribution >= 0.6 is 11.6 Å². The Morgan fingerprint density at radius 3 is 2.74 bits per heavy atom. The number of aryl methyl sites for hydroxylation is 1. The average molecular weight is 501 g/mol. The smallest absolute Gasteiger partial charge is 0.309 e. The number of hydrogen-bond acceptors (Lipinski definition) is 6. The van der Waals surface area contributed by atoms with Gasteiger partial charge in [0.15, 0.2) is 0 Å². The van der Waals surface area contributed by atoms with Gasteiger partial charge >= 0.3 is 5.97 Å². The van der Waals surface area contributed by atoms with Crippen LogP contribution in [0.25, 0.3) is 10.9 Å². The van der Waals surface area contributed by atoms with Crippen LogP contribution in [-0.2, 0) is 11.2 Å². The van der Waals surface area contributed by atoms with Crippen molar-refractivity contribution in [1.82, 2.24) is 19.9 Å². The molecule has 0 unspecified atom stereocenters. The number of aromatic nitrogens is 3. The lowest BCUT2D eigenvalue weighted by atomic mass is 9.74. The number of hydrogen-bond donors (Lipinski definition) is 1. The highest BCUT2D eigenvalue weighted by Gasteiger charge is 2.41. The summed E-state index contributed by atoms with van der Waals surface area (Å²) >= 11 is 6.35. The first-order valence-corrected chi connectivity index (χ1v) is 12.3. The predicted molar refractivity (Wildman–Crippen MR) is 132 cm³/mol. The Hall–Kier alpha value is -2.84. The SMILES string of the molecule is COc1ccc2ncc(Cl)c([C@H](F)CCC3(C(=O)O)CCN(CCCc4cnccn4)CC3)c2c1. The maximum Gasteiger partial charge on any atom is 0.309 e. The van der Waals surface area contributed by atoms with Gasteiger partial charge in [0.05, 0.1) is 28.8 Å². The predicted octanol–water partition coefficient (Wildman–Crippen LogP) is 5.28. The summed E-state index contributed by atoms with van der Waals surface area (Å²) in [6.45, 7) is 2.23.